The number of aryl methyl sites for hydroxylation is 1. The van der Waals surface area contributed by atoms with Crippen molar-refractivity contribution in [2.24, 2.45) is 0 Å². The molecule has 2 aliphatic heterocycles. The fourth-order valence-electron chi connectivity index (χ4n) is 4.56. The topological polar surface area (TPSA) is 49.9 Å². The van der Waals surface area contributed by atoms with Gasteiger partial charge in [0.2, 0.25) is 0 Å². The number of hydrogen-bond donors (Lipinski definition) is 0. The fraction of sp³-hybridized carbons (Fsp3) is 0.259. The molecule has 2 amide bonds. The molecule has 2 heterocycles. The number of ether oxygens (including phenoxy) is 1. The van der Waals surface area contributed by atoms with Crippen molar-refractivity contribution >= 4 is 17.5 Å². The first-order chi connectivity index (χ1) is 15.6. The van der Waals surface area contributed by atoms with E-state index in [1.807, 2.05) is 41.3 Å². The third-order valence-corrected chi connectivity index (χ3v) is 6.32. The summed E-state index contributed by atoms with van der Waals surface area (Å²) in [7, 11) is 0. The molecular formula is C27H26N2O3. The average Bonchev–Trinajstić information content (AvgIpc) is 3.25. The van der Waals surface area contributed by atoms with Gasteiger partial charge < -0.3 is 14.5 Å². The first kappa shape index (κ1) is 20.3. The lowest BCUT2D eigenvalue weighted by Crippen LogP contribution is -2.37. The highest BCUT2D eigenvalue weighted by Gasteiger charge is 2.28. The van der Waals surface area contributed by atoms with Gasteiger partial charge in [-0.3, -0.25) is 9.59 Å². The molecule has 0 spiro atoms. The Balaban J connectivity index is 1.28. The minimum Gasteiger partial charge on any atom is -0.483 e. The number of hydrogen-bond acceptors (Lipinski definition) is 3. The van der Waals surface area contributed by atoms with Gasteiger partial charge in [-0.2, -0.15) is 0 Å². The van der Waals surface area contributed by atoms with Gasteiger partial charge in [-0.05, 0) is 49.1 Å². The molecule has 3 aromatic carbocycles. The summed E-state index contributed by atoms with van der Waals surface area (Å²) in [5.74, 6) is 0.583. The zero-order valence-corrected chi connectivity index (χ0v) is 18.2. The number of anilines is 1. The van der Waals surface area contributed by atoms with Crippen LogP contribution in [0.1, 0.15) is 32.6 Å². The lowest BCUT2D eigenvalue weighted by Gasteiger charge is -2.30. The summed E-state index contributed by atoms with van der Waals surface area (Å²) in [6.45, 7) is 3.93. The van der Waals surface area contributed by atoms with E-state index in [1.165, 1.54) is 11.1 Å². The maximum atomic E-state index is 13.1. The van der Waals surface area contributed by atoms with Crippen LogP contribution in [0.5, 0.6) is 5.75 Å². The van der Waals surface area contributed by atoms with E-state index in [4.69, 9.17) is 4.74 Å². The van der Waals surface area contributed by atoms with Crippen molar-refractivity contribution in [3.8, 4) is 5.75 Å². The van der Waals surface area contributed by atoms with Crippen molar-refractivity contribution in [2.45, 2.75) is 26.3 Å². The summed E-state index contributed by atoms with van der Waals surface area (Å²) >= 11 is 0. The van der Waals surface area contributed by atoms with Crippen LogP contribution in [-0.2, 0) is 24.2 Å². The second-order valence-corrected chi connectivity index (χ2v) is 8.46. The van der Waals surface area contributed by atoms with Crippen LogP contribution in [0.4, 0.5) is 5.69 Å². The Bertz CT molecular complexity index is 1170. The number of fused-ring (bicyclic) bond motifs is 2. The Morgan fingerprint density at radius 3 is 2.59 bits per heavy atom. The normalized spacial score (nSPS) is 14.8. The van der Waals surface area contributed by atoms with E-state index >= 15 is 0 Å². The number of benzene rings is 3. The highest BCUT2D eigenvalue weighted by atomic mass is 16.5. The number of carbonyl (C=O) groups is 2. The minimum atomic E-state index is -0.0595. The Kier molecular flexibility index (Phi) is 5.39. The molecule has 2 aliphatic rings. The predicted octanol–water partition coefficient (Wildman–Crippen LogP) is 4.16. The predicted molar refractivity (Wildman–Crippen MR) is 124 cm³/mol. The van der Waals surface area contributed by atoms with Gasteiger partial charge in [-0.1, -0.05) is 54.1 Å². The third-order valence-electron chi connectivity index (χ3n) is 6.32. The van der Waals surface area contributed by atoms with Gasteiger partial charge in [-0.25, -0.2) is 0 Å². The van der Waals surface area contributed by atoms with Gasteiger partial charge in [0.05, 0.1) is 0 Å². The first-order valence-electron chi connectivity index (χ1n) is 11.1. The summed E-state index contributed by atoms with van der Waals surface area (Å²) in [4.78, 5) is 29.6. The van der Waals surface area contributed by atoms with Crippen molar-refractivity contribution in [3.63, 3.8) is 0 Å². The molecule has 0 N–H and O–H groups in total. The molecular weight excluding hydrogens is 400 g/mol. The third kappa shape index (κ3) is 3.86. The van der Waals surface area contributed by atoms with Crippen LogP contribution in [0.15, 0.2) is 66.7 Å². The van der Waals surface area contributed by atoms with E-state index in [9.17, 15) is 9.59 Å². The van der Waals surface area contributed by atoms with Crippen LogP contribution >= 0.6 is 0 Å². The molecule has 162 valence electrons. The molecule has 0 atom stereocenters. The Morgan fingerprint density at radius 1 is 0.938 bits per heavy atom. The molecule has 5 heteroatoms. The maximum absolute atomic E-state index is 13.1. The molecule has 0 aromatic heterocycles. The largest absolute Gasteiger partial charge is 0.483 e. The van der Waals surface area contributed by atoms with E-state index in [-0.39, 0.29) is 18.4 Å². The van der Waals surface area contributed by atoms with E-state index in [0.29, 0.717) is 37.4 Å². The second kappa shape index (κ2) is 8.50. The Morgan fingerprint density at radius 2 is 1.75 bits per heavy atom. The first-order valence-corrected chi connectivity index (χ1v) is 11.1. The highest BCUT2D eigenvalue weighted by Crippen LogP contribution is 2.30. The van der Waals surface area contributed by atoms with E-state index in [0.717, 1.165) is 23.2 Å². The minimum absolute atomic E-state index is 0.0112. The second-order valence-electron chi connectivity index (χ2n) is 8.46. The lowest BCUT2D eigenvalue weighted by atomic mass is 9.97. The van der Waals surface area contributed by atoms with Crippen molar-refractivity contribution in [3.05, 3.63) is 94.5 Å². The number of rotatable bonds is 5. The molecule has 0 aliphatic carbocycles. The molecule has 3 aromatic rings. The van der Waals surface area contributed by atoms with Crippen LogP contribution in [-0.4, -0.2) is 36.4 Å². The molecule has 0 saturated heterocycles. The van der Waals surface area contributed by atoms with Crippen LogP contribution in [0, 0.1) is 6.92 Å². The highest BCUT2D eigenvalue weighted by molar-refractivity contribution is 5.98. The summed E-state index contributed by atoms with van der Waals surface area (Å²) in [5.41, 5.74) is 6.05. The van der Waals surface area contributed by atoms with Gasteiger partial charge in [0.1, 0.15) is 5.75 Å². The average molecular weight is 427 g/mol. The lowest BCUT2D eigenvalue weighted by molar-refractivity contribution is -0.120. The van der Waals surface area contributed by atoms with Gasteiger partial charge in [0.25, 0.3) is 11.8 Å². The van der Waals surface area contributed by atoms with Crippen molar-refractivity contribution < 1.29 is 14.3 Å². The Labute approximate surface area is 188 Å². The number of amides is 2. The van der Waals surface area contributed by atoms with Crippen molar-refractivity contribution in [1.29, 1.82) is 0 Å². The van der Waals surface area contributed by atoms with E-state index in [1.54, 1.807) is 4.90 Å². The molecule has 0 radical (unpaired) electrons. The number of nitrogens with zero attached hydrogens (tertiary/aromatic N) is 2. The number of carbonyl (C=O) groups excluding carboxylic acids is 2. The standard InChI is InChI=1S/C27H26N2O3/c1-19-9-11-20(12-10-19)17-28-15-14-22-23(27(28)31)6-4-8-25(22)32-18-26(30)29-16-13-21-5-2-3-7-24(21)29/h2-12H,13-18H2,1H3. The molecule has 32 heavy (non-hydrogen) atoms. The van der Waals surface area contributed by atoms with Crippen LogP contribution in [0.3, 0.4) is 0 Å². The number of para-hydroxylation sites is 1. The molecule has 0 unspecified atom stereocenters. The van der Waals surface area contributed by atoms with E-state index in [2.05, 4.69) is 37.3 Å². The summed E-state index contributed by atoms with van der Waals surface area (Å²) < 4.78 is 5.95. The van der Waals surface area contributed by atoms with Gasteiger partial charge in [-0.15, -0.1) is 0 Å². The summed E-state index contributed by atoms with van der Waals surface area (Å²) in [5, 5.41) is 0. The van der Waals surface area contributed by atoms with Gasteiger partial charge in [0.15, 0.2) is 6.61 Å². The van der Waals surface area contributed by atoms with Crippen LogP contribution in [0.2, 0.25) is 0 Å². The summed E-state index contributed by atoms with van der Waals surface area (Å²) in [6.07, 6.45) is 1.58. The molecule has 5 nitrogen and oxygen atoms in total. The quantitative estimate of drug-likeness (QED) is 0.616. The van der Waals surface area contributed by atoms with Gasteiger partial charge in [0, 0.05) is 36.4 Å². The monoisotopic (exact) mass is 426 g/mol. The molecule has 0 bridgehead atoms. The molecule has 0 saturated carbocycles. The smallest absolute Gasteiger partial charge is 0.264 e. The molecule has 5 rings (SSSR count). The van der Waals surface area contributed by atoms with E-state index < -0.39 is 0 Å². The maximum Gasteiger partial charge on any atom is 0.264 e. The van der Waals surface area contributed by atoms with Crippen LogP contribution in [0.25, 0.3) is 0 Å². The Hall–Kier alpha value is -3.60. The van der Waals surface area contributed by atoms with Crippen molar-refractivity contribution in [2.75, 3.05) is 24.6 Å². The zero-order chi connectivity index (χ0) is 22.1. The SMILES string of the molecule is Cc1ccc(CN2CCc3c(OCC(=O)N4CCc5ccccc54)cccc3C2=O)cc1. The zero-order valence-electron chi connectivity index (χ0n) is 18.2. The van der Waals surface area contributed by atoms with Crippen LogP contribution < -0.4 is 9.64 Å². The van der Waals surface area contributed by atoms with Gasteiger partial charge >= 0.3 is 0 Å². The van der Waals surface area contributed by atoms with Crippen molar-refractivity contribution in [1.82, 2.24) is 4.90 Å². The fourth-order valence-corrected chi connectivity index (χ4v) is 4.56. The summed E-state index contributed by atoms with van der Waals surface area (Å²) in [6, 6.07) is 21.8. The molecule has 0 fully saturated rings.